The highest BCUT2D eigenvalue weighted by Gasteiger charge is 2.31. The normalized spacial score (nSPS) is 11.8. The number of amides is 1. The summed E-state index contributed by atoms with van der Waals surface area (Å²) in [5, 5.41) is 2.13. The van der Waals surface area contributed by atoms with Gasteiger partial charge in [0.05, 0.1) is 31.9 Å². The Kier molecular flexibility index (Phi) is 6.49. The van der Waals surface area contributed by atoms with Crippen LogP contribution in [0.5, 0.6) is 0 Å². The first-order valence-corrected chi connectivity index (χ1v) is 10.8. The molecule has 5 nitrogen and oxygen atoms in total. The van der Waals surface area contributed by atoms with E-state index in [1.165, 1.54) is 30.3 Å². The van der Waals surface area contributed by atoms with E-state index >= 15 is 0 Å². The first-order chi connectivity index (χ1) is 14.5. The largest absolute Gasteiger partial charge is 0.416 e. The lowest BCUT2D eigenvalue weighted by atomic mass is 10.1. The van der Waals surface area contributed by atoms with Crippen LogP contribution in [-0.2, 0) is 16.2 Å². The Bertz CT molecular complexity index is 1230. The van der Waals surface area contributed by atoms with Crippen molar-refractivity contribution in [1.82, 2.24) is 0 Å². The van der Waals surface area contributed by atoms with Gasteiger partial charge in [-0.2, -0.15) is 13.2 Å². The van der Waals surface area contributed by atoms with Gasteiger partial charge in [0.15, 0.2) is 0 Å². The number of hydrogen-bond acceptors (Lipinski definition) is 3. The van der Waals surface area contributed by atoms with Gasteiger partial charge in [-0.1, -0.05) is 41.4 Å². The molecule has 0 radical (unpaired) electrons. The van der Waals surface area contributed by atoms with E-state index in [-0.39, 0.29) is 31.9 Å². The summed E-state index contributed by atoms with van der Waals surface area (Å²) in [6, 6.07) is 13.8. The standard InChI is InChI=1S/C20H13Cl2F3N2O3S/c21-15-8-7-13(20(23,24)25)11-18(15)26-19(28)12-6-9-17(16(22)10-12)27-31(29,30)14-4-2-1-3-5-14/h1-11,27H,(H,26,28). The molecule has 0 heterocycles. The van der Waals surface area contributed by atoms with Crippen molar-refractivity contribution in [3.05, 3.63) is 87.9 Å². The van der Waals surface area contributed by atoms with E-state index in [0.717, 1.165) is 12.1 Å². The number of carbonyl (C=O) groups is 1. The third kappa shape index (κ3) is 5.49. The first-order valence-electron chi connectivity index (χ1n) is 8.53. The van der Waals surface area contributed by atoms with Crippen LogP contribution in [0, 0.1) is 0 Å². The lowest BCUT2D eigenvalue weighted by Gasteiger charge is -2.13. The molecule has 0 saturated carbocycles. The summed E-state index contributed by atoms with van der Waals surface area (Å²) in [5.74, 6) is -0.777. The van der Waals surface area contributed by atoms with E-state index in [1.807, 2.05) is 0 Å². The number of sulfonamides is 1. The molecule has 0 atom stereocenters. The van der Waals surface area contributed by atoms with Gasteiger partial charge in [0, 0.05) is 5.56 Å². The molecule has 0 saturated heterocycles. The molecule has 1 amide bonds. The molecule has 3 aromatic rings. The molecule has 2 N–H and O–H groups in total. The fourth-order valence-electron chi connectivity index (χ4n) is 2.53. The van der Waals surface area contributed by atoms with Gasteiger partial charge in [-0.25, -0.2) is 8.42 Å². The smallest absolute Gasteiger partial charge is 0.321 e. The highest BCUT2D eigenvalue weighted by atomic mass is 35.5. The van der Waals surface area contributed by atoms with E-state index < -0.39 is 27.7 Å². The molecule has 0 unspecified atom stereocenters. The van der Waals surface area contributed by atoms with Crippen molar-refractivity contribution in [3.8, 4) is 0 Å². The van der Waals surface area contributed by atoms with Crippen LogP contribution in [0.15, 0.2) is 71.6 Å². The van der Waals surface area contributed by atoms with Gasteiger partial charge in [-0.15, -0.1) is 0 Å². The van der Waals surface area contributed by atoms with Crippen LogP contribution in [0.2, 0.25) is 10.0 Å². The molecule has 3 rings (SSSR count). The summed E-state index contributed by atoms with van der Waals surface area (Å²) in [5.41, 5.74) is -1.19. The van der Waals surface area contributed by atoms with Gasteiger partial charge >= 0.3 is 6.18 Å². The van der Waals surface area contributed by atoms with Crippen molar-refractivity contribution in [1.29, 1.82) is 0 Å². The Morgan fingerprint density at radius 3 is 2.13 bits per heavy atom. The lowest BCUT2D eigenvalue weighted by molar-refractivity contribution is -0.137. The van der Waals surface area contributed by atoms with Crippen molar-refractivity contribution >= 4 is 50.5 Å². The van der Waals surface area contributed by atoms with Crippen molar-refractivity contribution in [2.75, 3.05) is 10.0 Å². The van der Waals surface area contributed by atoms with E-state index in [1.54, 1.807) is 18.2 Å². The number of benzene rings is 3. The fourth-order valence-corrected chi connectivity index (χ4v) is 4.08. The molecule has 31 heavy (non-hydrogen) atoms. The Morgan fingerprint density at radius 2 is 1.52 bits per heavy atom. The predicted molar refractivity (Wildman–Crippen MR) is 113 cm³/mol. The molecule has 0 aromatic heterocycles. The van der Waals surface area contributed by atoms with E-state index in [2.05, 4.69) is 10.0 Å². The Labute approximate surface area is 185 Å². The zero-order valence-corrected chi connectivity index (χ0v) is 17.7. The number of alkyl halides is 3. The van der Waals surface area contributed by atoms with Crippen molar-refractivity contribution in [3.63, 3.8) is 0 Å². The number of nitrogens with one attached hydrogen (secondary N) is 2. The van der Waals surface area contributed by atoms with Crippen molar-refractivity contribution in [2.45, 2.75) is 11.1 Å². The zero-order valence-electron chi connectivity index (χ0n) is 15.4. The topological polar surface area (TPSA) is 75.3 Å². The predicted octanol–water partition coefficient (Wildman–Crippen LogP) is 6.07. The van der Waals surface area contributed by atoms with Crippen LogP contribution in [0.25, 0.3) is 0 Å². The molecule has 0 aliphatic carbocycles. The molecule has 0 bridgehead atoms. The Morgan fingerprint density at radius 1 is 0.839 bits per heavy atom. The monoisotopic (exact) mass is 488 g/mol. The maximum atomic E-state index is 12.9. The molecule has 3 aromatic carbocycles. The van der Waals surface area contributed by atoms with E-state index in [9.17, 15) is 26.4 Å². The van der Waals surface area contributed by atoms with Gasteiger partial charge in [0.2, 0.25) is 0 Å². The summed E-state index contributed by atoms with van der Waals surface area (Å²) in [7, 11) is -3.90. The van der Waals surface area contributed by atoms with Gasteiger partial charge < -0.3 is 5.32 Å². The molecule has 0 spiro atoms. The van der Waals surface area contributed by atoms with E-state index in [0.29, 0.717) is 6.07 Å². The molecule has 0 fully saturated rings. The van der Waals surface area contributed by atoms with Gasteiger partial charge in [-0.3, -0.25) is 9.52 Å². The van der Waals surface area contributed by atoms with Gasteiger partial charge in [-0.05, 0) is 48.5 Å². The number of anilines is 2. The first kappa shape index (κ1) is 22.9. The summed E-state index contributed by atoms with van der Waals surface area (Å²) in [6.07, 6.45) is -4.61. The average molecular weight is 489 g/mol. The van der Waals surface area contributed by atoms with Crippen LogP contribution < -0.4 is 10.0 Å². The number of hydrogen-bond donors (Lipinski definition) is 2. The van der Waals surface area contributed by atoms with Crippen LogP contribution in [0.1, 0.15) is 15.9 Å². The molecular formula is C20H13Cl2F3N2O3S. The maximum Gasteiger partial charge on any atom is 0.416 e. The van der Waals surface area contributed by atoms with Crippen LogP contribution in [-0.4, -0.2) is 14.3 Å². The SMILES string of the molecule is O=C(Nc1cc(C(F)(F)F)ccc1Cl)c1ccc(NS(=O)(=O)c2ccccc2)c(Cl)c1. The molecule has 0 aliphatic heterocycles. The highest BCUT2D eigenvalue weighted by Crippen LogP contribution is 2.34. The minimum atomic E-state index is -4.61. The maximum absolute atomic E-state index is 12.9. The number of halogens is 5. The van der Waals surface area contributed by atoms with Crippen molar-refractivity contribution in [2.24, 2.45) is 0 Å². The molecule has 11 heteroatoms. The van der Waals surface area contributed by atoms with Crippen LogP contribution in [0.4, 0.5) is 24.5 Å². The second-order valence-corrected chi connectivity index (χ2v) is 8.76. The minimum absolute atomic E-state index is 0.0128. The van der Waals surface area contributed by atoms with E-state index in [4.69, 9.17) is 23.2 Å². The Hall–Kier alpha value is -2.75. The van der Waals surface area contributed by atoms with Crippen molar-refractivity contribution < 1.29 is 26.4 Å². The molecule has 0 aliphatic rings. The number of rotatable bonds is 5. The second kappa shape index (κ2) is 8.78. The van der Waals surface area contributed by atoms with Gasteiger partial charge in [0.1, 0.15) is 0 Å². The zero-order chi connectivity index (χ0) is 22.8. The quantitative estimate of drug-likeness (QED) is 0.457. The summed E-state index contributed by atoms with van der Waals surface area (Å²) >= 11 is 12.0. The average Bonchev–Trinajstić information content (AvgIpc) is 2.70. The lowest BCUT2D eigenvalue weighted by Crippen LogP contribution is -2.15. The minimum Gasteiger partial charge on any atom is -0.321 e. The third-order valence-corrected chi connectivity index (χ3v) is 6.09. The van der Waals surface area contributed by atoms with Gasteiger partial charge in [0.25, 0.3) is 15.9 Å². The molecule has 162 valence electrons. The van der Waals surface area contributed by atoms with Crippen LogP contribution in [0.3, 0.4) is 0 Å². The van der Waals surface area contributed by atoms with Crippen LogP contribution >= 0.6 is 23.2 Å². The fraction of sp³-hybridized carbons (Fsp3) is 0.0500. The summed E-state index contributed by atoms with van der Waals surface area (Å²) in [6.45, 7) is 0. The summed E-state index contributed by atoms with van der Waals surface area (Å²) < 4.78 is 65.8. The third-order valence-electron chi connectivity index (χ3n) is 4.07. The summed E-state index contributed by atoms with van der Waals surface area (Å²) in [4.78, 5) is 12.5. The Balaban J connectivity index is 1.81. The molecular weight excluding hydrogens is 476 g/mol. The number of carbonyl (C=O) groups excluding carboxylic acids is 1. The second-order valence-electron chi connectivity index (χ2n) is 6.26. The highest BCUT2D eigenvalue weighted by molar-refractivity contribution is 7.92.